The van der Waals surface area contributed by atoms with Gasteiger partial charge in [0.25, 0.3) is 0 Å². The van der Waals surface area contributed by atoms with E-state index in [2.05, 4.69) is 9.97 Å². The van der Waals surface area contributed by atoms with E-state index < -0.39 is 0 Å². The van der Waals surface area contributed by atoms with Crippen LogP contribution < -0.4 is 4.90 Å². The number of hydrogen-bond donors (Lipinski definition) is 1. The fourth-order valence-electron chi connectivity index (χ4n) is 2.04. The Labute approximate surface area is 104 Å². The van der Waals surface area contributed by atoms with Gasteiger partial charge < -0.3 is 9.88 Å². The molecule has 18 heavy (non-hydrogen) atoms. The molecule has 0 atom stereocenters. The molecule has 0 unspecified atom stereocenters. The van der Waals surface area contributed by atoms with E-state index in [0.29, 0.717) is 0 Å². The Hall–Kier alpha value is -2.36. The Bertz CT molecular complexity index is 690. The summed E-state index contributed by atoms with van der Waals surface area (Å²) in [6, 6.07) is 10.4. The Morgan fingerprint density at radius 1 is 1.22 bits per heavy atom. The quantitative estimate of drug-likeness (QED) is 0.745. The van der Waals surface area contributed by atoms with Crippen LogP contribution in [0.25, 0.3) is 11.0 Å². The maximum atomic E-state index is 13.2. The van der Waals surface area contributed by atoms with Crippen LogP contribution in [0, 0.1) is 5.82 Å². The summed E-state index contributed by atoms with van der Waals surface area (Å²) in [6.45, 7) is 0. The van der Waals surface area contributed by atoms with Crippen molar-refractivity contribution in [2.45, 2.75) is 0 Å². The maximum absolute atomic E-state index is 13.2. The number of anilines is 2. The summed E-state index contributed by atoms with van der Waals surface area (Å²) in [7, 11) is 1.91. The predicted octanol–water partition coefficient (Wildman–Crippen LogP) is 3.47. The largest absolute Gasteiger partial charge is 0.344 e. The van der Waals surface area contributed by atoms with Crippen LogP contribution in [0.15, 0.2) is 48.8 Å². The Balaban J connectivity index is 2.09. The molecule has 0 radical (unpaired) electrons. The van der Waals surface area contributed by atoms with Crippen LogP contribution in [0.4, 0.5) is 15.8 Å². The van der Waals surface area contributed by atoms with Crippen molar-refractivity contribution in [3.63, 3.8) is 0 Å². The van der Waals surface area contributed by atoms with Crippen LogP contribution in [0.5, 0.6) is 0 Å². The molecule has 0 aliphatic carbocycles. The first kappa shape index (κ1) is 10.8. The molecule has 1 aromatic carbocycles. The highest BCUT2D eigenvalue weighted by Crippen LogP contribution is 2.30. The second-order valence-corrected chi connectivity index (χ2v) is 4.11. The average Bonchev–Trinajstić information content (AvgIpc) is 2.82. The Morgan fingerprint density at radius 2 is 2.11 bits per heavy atom. The molecule has 0 saturated heterocycles. The normalized spacial score (nSPS) is 10.8. The van der Waals surface area contributed by atoms with Gasteiger partial charge in [-0.15, -0.1) is 0 Å². The number of aromatic nitrogens is 2. The molecule has 0 amide bonds. The molecule has 90 valence electrons. The lowest BCUT2D eigenvalue weighted by atomic mass is 10.2. The van der Waals surface area contributed by atoms with Crippen LogP contribution in [0.1, 0.15) is 0 Å². The van der Waals surface area contributed by atoms with Crippen molar-refractivity contribution >= 4 is 22.4 Å². The highest BCUT2D eigenvalue weighted by Gasteiger charge is 2.10. The molecule has 2 aromatic heterocycles. The van der Waals surface area contributed by atoms with Crippen molar-refractivity contribution in [2.24, 2.45) is 0 Å². The van der Waals surface area contributed by atoms with Gasteiger partial charge in [0.2, 0.25) is 0 Å². The van der Waals surface area contributed by atoms with Crippen molar-refractivity contribution in [3.8, 4) is 0 Å². The van der Waals surface area contributed by atoms with Crippen LogP contribution in [-0.2, 0) is 0 Å². The molecule has 0 bridgehead atoms. The summed E-state index contributed by atoms with van der Waals surface area (Å²) < 4.78 is 13.2. The molecule has 0 saturated carbocycles. The zero-order valence-corrected chi connectivity index (χ0v) is 9.89. The molecular weight excluding hydrogens is 229 g/mol. The molecule has 0 aliphatic heterocycles. The number of rotatable bonds is 2. The van der Waals surface area contributed by atoms with Gasteiger partial charge in [-0.05, 0) is 30.3 Å². The van der Waals surface area contributed by atoms with Gasteiger partial charge in [-0.3, -0.25) is 0 Å². The number of H-pyrrole nitrogens is 1. The lowest BCUT2D eigenvalue weighted by Gasteiger charge is -2.18. The lowest BCUT2D eigenvalue weighted by Crippen LogP contribution is -2.08. The van der Waals surface area contributed by atoms with Crippen molar-refractivity contribution in [3.05, 3.63) is 54.6 Å². The van der Waals surface area contributed by atoms with Gasteiger partial charge in [-0.25, -0.2) is 9.37 Å². The topological polar surface area (TPSA) is 31.9 Å². The van der Waals surface area contributed by atoms with Gasteiger partial charge >= 0.3 is 0 Å². The minimum absolute atomic E-state index is 0.239. The summed E-state index contributed by atoms with van der Waals surface area (Å²) in [5.41, 5.74) is 2.61. The molecule has 3 nitrogen and oxygen atoms in total. The molecule has 0 fully saturated rings. The summed E-state index contributed by atoms with van der Waals surface area (Å²) in [5, 5.41) is 1.02. The molecule has 3 aromatic rings. The minimum Gasteiger partial charge on any atom is -0.344 e. The predicted molar refractivity (Wildman–Crippen MR) is 70.6 cm³/mol. The number of nitrogens with one attached hydrogen (secondary N) is 1. The Kier molecular flexibility index (Phi) is 2.48. The SMILES string of the molecule is CN(c1cccc(F)c1)c1c[nH]c2ncccc12. The third-order valence-electron chi connectivity index (χ3n) is 2.99. The summed E-state index contributed by atoms with van der Waals surface area (Å²) in [5.74, 6) is -0.239. The minimum atomic E-state index is -0.239. The molecule has 2 heterocycles. The highest BCUT2D eigenvalue weighted by molar-refractivity contribution is 5.92. The molecule has 4 heteroatoms. The molecular formula is C14H12FN3. The number of benzene rings is 1. The number of pyridine rings is 1. The number of aromatic amines is 1. The van der Waals surface area contributed by atoms with E-state index in [9.17, 15) is 4.39 Å². The van der Waals surface area contributed by atoms with Gasteiger partial charge in [0.15, 0.2) is 0 Å². The van der Waals surface area contributed by atoms with Gasteiger partial charge in [0.05, 0.1) is 5.69 Å². The fourth-order valence-corrected chi connectivity index (χ4v) is 2.04. The van der Waals surface area contributed by atoms with E-state index in [-0.39, 0.29) is 5.82 Å². The van der Waals surface area contributed by atoms with E-state index in [1.165, 1.54) is 12.1 Å². The van der Waals surface area contributed by atoms with Crippen LogP contribution in [0.2, 0.25) is 0 Å². The molecule has 3 rings (SSSR count). The molecule has 0 spiro atoms. The number of hydrogen-bond acceptors (Lipinski definition) is 2. The Morgan fingerprint density at radius 3 is 2.94 bits per heavy atom. The second kappa shape index (κ2) is 4.14. The smallest absolute Gasteiger partial charge is 0.139 e. The zero-order valence-electron chi connectivity index (χ0n) is 9.89. The van der Waals surface area contributed by atoms with Crippen LogP contribution >= 0.6 is 0 Å². The first-order valence-corrected chi connectivity index (χ1v) is 5.67. The van der Waals surface area contributed by atoms with Gasteiger partial charge in [-0.2, -0.15) is 0 Å². The van der Waals surface area contributed by atoms with Crippen molar-refractivity contribution in [1.29, 1.82) is 0 Å². The second-order valence-electron chi connectivity index (χ2n) is 4.11. The van der Waals surface area contributed by atoms with E-state index in [1.54, 1.807) is 12.3 Å². The molecule has 1 N–H and O–H groups in total. The van der Waals surface area contributed by atoms with Crippen molar-refractivity contribution in [1.82, 2.24) is 9.97 Å². The van der Waals surface area contributed by atoms with E-state index in [1.807, 2.05) is 36.3 Å². The van der Waals surface area contributed by atoms with Gasteiger partial charge in [-0.1, -0.05) is 6.07 Å². The maximum Gasteiger partial charge on any atom is 0.139 e. The van der Waals surface area contributed by atoms with E-state index in [0.717, 1.165) is 22.4 Å². The first-order chi connectivity index (χ1) is 8.75. The van der Waals surface area contributed by atoms with Crippen LogP contribution in [0.3, 0.4) is 0 Å². The fraction of sp³-hybridized carbons (Fsp3) is 0.0714. The summed E-state index contributed by atoms with van der Waals surface area (Å²) >= 11 is 0. The summed E-state index contributed by atoms with van der Waals surface area (Å²) in [4.78, 5) is 9.28. The highest BCUT2D eigenvalue weighted by atomic mass is 19.1. The summed E-state index contributed by atoms with van der Waals surface area (Å²) in [6.07, 6.45) is 3.62. The van der Waals surface area contributed by atoms with Crippen molar-refractivity contribution < 1.29 is 4.39 Å². The third-order valence-corrected chi connectivity index (χ3v) is 2.99. The lowest BCUT2D eigenvalue weighted by molar-refractivity contribution is 0.628. The average molecular weight is 241 g/mol. The van der Waals surface area contributed by atoms with Gasteiger partial charge in [0.1, 0.15) is 11.5 Å². The number of halogens is 1. The molecule has 0 aliphatic rings. The first-order valence-electron chi connectivity index (χ1n) is 5.67. The monoisotopic (exact) mass is 241 g/mol. The van der Waals surface area contributed by atoms with Crippen LogP contribution in [-0.4, -0.2) is 17.0 Å². The van der Waals surface area contributed by atoms with Crippen molar-refractivity contribution in [2.75, 3.05) is 11.9 Å². The number of nitrogens with zero attached hydrogens (tertiary/aromatic N) is 2. The van der Waals surface area contributed by atoms with Gasteiger partial charge in [0, 0.05) is 30.5 Å². The van der Waals surface area contributed by atoms with E-state index in [4.69, 9.17) is 0 Å². The number of fused-ring (bicyclic) bond motifs is 1. The standard InChI is InChI=1S/C14H12FN3/c1-18(11-5-2-4-10(15)8-11)13-9-17-14-12(13)6-3-7-16-14/h2-9H,1H3,(H,16,17). The zero-order chi connectivity index (χ0) is 12.5. The third kappa shape index (κ3) is 1.72. The van der Waals surface area contributed by atoms with E-state index >= 15 is 0 Å².